The van der Waals surface area contributed by atoms with Gasteiger partial charge in [0.1, 0.15) is 23.0 Å². The molecule has 1 fully saturated rings. The van der Waals surface area contributed by atoms with E-state index >= 15 is 0 Å². The smallest absolute Gasteiger partial charge is 0.275 e. The molecule has 3 heterocycles. The summed E-state index contributed by atoms with van der Waals surface area (Å²) < 4.78 is 35.1. The Morgan fingerprint density at radius 2 is 1.87 bits per heavy atom. The number of aromatic amines is 1. The van der Waals surface area contributed by atoms with Gasteiger partial charge in [0.05, 0.1) is 25.3 Å². The van der Waals surface area contributed by atoms with Crippen LogP contribution in [0.1, 0.15) is 85.0 Å². The fraction of sp³-hybridized carbons (Fsp3) is 0.529. The van der Waals surface area contributed by atoms with Gasteiger partial charge in [-0.15, -0.1) is 10.2 Å². The molecule has 2 N–H and O–H groups in total. The number of H-pyrrole nitrogens is 1. The standard InChI is InChI=1S/C34H43F2N7O3/c1-32(2,3)13-12-26(21-8-7-9-22(11-10-21)30(44)37-20-28-39-41-42-40-28)43-31(45)29(23-16-24(35)18-25(36)17-23)38-34(43)14-15-46-27(19-34)33(4,5)6/h8-11,16-18,26-27H,7,12-15,19-20H2,1-6H3,(H,37,44)(H,39,40,41,42). The highest BCUT2D eigenvalue weighted by atomic mass is 19.1. The van der Waals surface area contributed by atoms with E-state index in [1.807, 2.05) is 23.1 Å². The fourth-order valence-electron chi connectivity index (χ4n) is 6.22. The molecular weight excluding hydrogens is 592 g/mol. The quantitative estimate of drug-likeness (QED) is 0.403. The number of ether oxygens (including phenoxy) is 1. The minimum absolute atomic E-state index is 0.0410. The molecule has 0 bridgehead atoms. The Bertz CT molecular complexity index is 1560. The zero-order valence-corrected chi connectivity index (χ0v) is 27.4. The number of benzene rings is 1. The van der Waals surface area contributed by atoms with Gasteiger partial charge >= 0.3 is 0 Å². The third-order valence-electron chi connectivity index (χ3n) is 8.69. The summed E-state index contributed by atoms with van der Waals surface area (Å²) in [6, 6.07) is 2.69. The minimum Gasteiger partial charge on any atom is -0.377 e. The third kappa shape index (κ3) is 7.49. The maximum atomic E-state index is 14.6. The Kier molecular flexibility index (Phi) is 9.40. The van der Waals surface area contributed by atoms with Crippen LogP contribution < -0.4 is 5.32 Å². The number of hydrogen-bond acceptors (Lipinski definition) is 7. The highest BCUT2D eigenvalue weighted by molar-refractivity contribution is 6.46. The number of nitrogens with zero attached hydrogens (tertiary/aromatic N) is 5. The van der Waals surface area contributed by atoms with Crippen molar-refractivity contribution >= 4 is 17.5 Å². The first-order valence-electron chi connectivity index (χ1n) is 15.8. The molecule has 2 aliphatic heterocycles. The van der Waals surface area contributed by atoms with E-state index in [9.17, 15) is 18.4 Å². The van der Waals surface area contributed by atoms with Crippen LogP contribution in [-0.2, 0) is 20.9 Å². The first-order valence-corrected chi connectivity index (χ1v) is 15.8. The Balaban J connectivity index is 1.52. The number of halogens is 2. The van der Waals surface area contributed by atoms with E-state index in [0.717, 1.165) is 30.2 Å². The highest BCUT2D eigenvalue weighted by Crippen LogP contribution is 2.45. The second kappa shape index (κ2) is 13.0. The maximum Gasteiger partial charge on any atom is 0.275 e. The molecule has 1 aliphatic carbocycles. The van der Waals surface area contributed by atoms with Crippen LogP contribution >= 0.6 is 0 Å². The summed E-state index contributed by atoms with van der Waals surface area (Å²) in [6.45, 7) is 13.2. The zero-order chi connectivity index (χ0) is 33.3. The van der Waals surface area contributed by atoms with Crippen LogP contribution in [0.25, 0.3) is 0 Å². The van der Waals surface area contributed by atoms with Gasteiger partial charge in [0.15, 0.2) is 5.82 Å². The molecule has 246 valence electrons. The molecule has 3 aliphatic rings. The number of amides is 2. The average molecular weight is 636 g/mol. The van der Waals surface area contributed by atoms with Crippen LogP contribution in [0.3, 0.4) is 0 Å². The van der Waals surface area contributed by atoms with Crippen molar-refractivity contribution < 1.29 is 23.1 Å². The molecule has 2 amide bonds. The number of tetrazole rings is 1. The summed E-state index contributed by atoms with van der Waals surface area (Å²) in [5, 5.41) is 16.4. The first kappa shape index (κ1) is 33.3. The average Bonchev–Trinajstić information content (AvgIpc) is 3.49. The Morgan fingerprint density at radius 1 is 1.13 bits per heavy atom. The van der Waals surface area contributed by atoms with E-state index in [-0.39, 0.29) is 46.6 Å². The van der Waals surface area contributed by atoms with Crippen LogP contribution in [0.2, 0.25) is 0 Å². The van der Waals surface area contributed by atoms with Crippen molar-refractivity contribution in [1.82, 2.24) is 30.8 Å². The molecule has 3 atom stereocenters. The Labute approximate surface area is 268 Å². The van der Waals surface area contributed by atoms with Gasteiger partial charge in [-0.25, -0.2) is 8.78 Å². The number of hydrogen-bond donors (Lipinski definition) is 2. The predicted octanol–water partition coefficient (Wildman–Crippen LogP) is 5.35. The topological polar surface area (TPSA) is 125 Å². The molecule has 1 aromatic heterocycles. The van der Waals surface area contributed by atoms with Crippen LogP contribution in [0, 0.1) is 22.5 Å². The van der Waals surface area contributed by atoms with E-state index in [4.69, 9.17) is 9.73 Å². The fourth-order valence-corrected chi connectivity index (χ4v) is 6.22. The van der Waals surface area contributed by atoms with Crippen molar-refractivity contribution in [3.8, 4) is 0 Å². The summed E-state index contributed by atoms with van der Waals surface area (Å²) in [5.41, 5.74) is 0.250. The molecule has 0 radical (unpaired) electrons. The molecule has 5 rings (SSSR count). The van der Waals surface area contributed by atoms with E-state index < -0.39 is 23.3 Å². The highest BCUT2D eigenvalue weighted by Gasteiger charge is 2.54. The van der Waals surface area contributed by atoms with Gasteiger partial charge in [0.25, 0.3) is 11.8 Å². The van der Waals surface area contributed by atoms with Crippen molar-refractivity contribution in [1.29, 1.82) is 0 Å². The largest absolute Gasteiger partial charge is 0.377 e. The van der Waals surface area contributed by atoms with E-state index in [0.29, 0.717) is 43.7 Å². The van der Waals surface area contributed by atoms with Crippen LogP contribution in [0.4, 0.5) is 8.78 Å². The normalized spacial score (nSPS) is 22.8. The Morgan fingerprint density at radius 3 is 2.52 bits per heavy atom. The van der Waals surface area contributed by atoms with Crippen molar-refractivity contribution in [2.24, 2.45) is 15.8 Å². The van der Waals surface area contributed by atoms with Gasteiger partial charge in [-0.1, -0.05) is 65.0 Å². The monoisotopic (exact) mass is 635 g/mol. The SMILES string of the molecule is CC(C)(C)CCC(C1=CCC=C(C(=O)NCc2nn[nH]n2)C=C1)N1C(=O)C(c2cc(F)cc(F)c2)=NC12CCOC(C(C)(C)C)C2. The van der Waals surface area contributed by atoms with E-state index in [2.05, 4.69) is 67.5 Å². The van der Waals surface area contributed by atoms with Crippen LogP contribution in [0.5, 0.6) is 0 Å². The van der Waals surface area contributed by atoms with Gasteiger partial charge in [-0.05, 0) is 53.9 Å². The summed E-state index contributed by atoms with van der Waals surface area (Å²) >= 11 is 0. The zero-order valence-electron chi connectivity index (χ0n) is 27.4. The third-order valence-corrected chi connectivity index (χ3v) is 8.69. The molecule has 1 aromatic carbocycles. The van der Waals surface area contributed by atoms with Gasteiger partial charge in [-0.3, -0.25) is 14.6 Å². The van der Waals surface area contributed by atoms with Gasteiger partial charge in [-0.2, -0.15) is 5.21 Å². The Hall–Kier alpha value is -4.06. The molecular formula is C34H43F2N7O3. The lowest BCUT2D eigenvalue weighted by Gasteiger charge is -2.48. The number of nitrogens with one attached hydrogen (secondary N) is 2. The molecule has 1 spiro atoms. The predicted molar refractivity (Wildman–Crippen MR) is 169 cm³/mol. The molecule has 1 saturated heterocycles. The second-order valence-corrected chi connectivity index (χ2v) is 14.5. The summed E-state index contributed by atoms with van der Waals surface area (Å²) in [7, 11) is 0. The number of carbonyl (C=O) groups is 2. The first-order chi connectivity index (χ1) is 21.6. The molecule has 0 saturated carbocycles. The lowest BCUT2D eigenvalue weighted by Crippen LogP contribution is -2.58. The van der Waals surface area contributed by atoms with Crippen molar-refractivity contribution in [2.45, 2.75) is 98.0 Å². The molecule has 46 heavy (non-hydrogen) atoms. The van der Waals surface area contributed by atoms with Crippen LogP contribution in [0.15, 0.2) is 58.6 Å². The van der Waals surface area contributed by atoms with Crippen LogP contribution in [-0.4, -0.2) is 67.5 Å². The molecule has 10 nitrogen and oxygen atoms in total. The van der Waals surface area contributed by atoms with Gasteiger partial charge in [0.2, 0.25) is 0 Å². The van der Waals surface area contributed by atoms with Crippen molar-refractivity contribution in [2.75, 3.05) is 6.61 Å². The summed E-state index contributed by atoms with van der Waals surface area (Å²) in [4.78, 5) is 34.5. The van der Waals surface area contributed by atoms with E-state index in [1.54, 1.807) is 6.08 Å². The lowest BCUT2D eigenvalue weighted by atomic mass is 9.79. The van der Waals surface area contributed by atoms with Gasteiger partial charge < -0.3 is 15.0 Å². The number of rotatable bonds is 8. The summed E-state index contributed by atoms with van der Waals surface area (Å²) in [5.74, 6) is -1.83. The number of carbonyl (C=O) groups excluding carboxylic acids is 2. The number of aliphatic imine (C=N–C) groups is 1. The number of aromatic nitrogens is 4. The minimum atomic E-state index is -0.979. The molecule has 3 unspecified atom stereocenters. The van der Waals surface area contributed by atoms with Gasteiger partial charge in [0, 0.05) is 30.0 Å². The lowest BCUT2D eigenvalue weighted by molar-refractivity contribution is -0.143. The number of allylic oxidation sites excluding steroid dienone is 2. The molecule has 2 aromatic rings. The van der Waals surface area contributed by atoms with Crippen molar-refractivity contribution in [3.63, 3.8) is 0 Å². The molecule has 12 heteroatoms. The summed E-state index contributed by atoms with van der Waals surface area (Å²) in [6.07, 6.45) is 10.1. The maximum absolute atomic E-state index is 14.6. The second-order valence-electron chi connectivity index (χ2n) is 14.5. The van der Waals surface area contributed by atoms with E-state index in [1.165, 1.54) is 0 Å². The van der Waals surface area contributed by atoms with Crippen molar-refractivity contribution in [3.05, 3.63) is 76.7 Å².